The van der Waals surface area contributed by atoms with Crippen LogP contribution < -0.4 is 5.32 Å². The standard InChI is InChI=1S/C18H17N7/c1-11-8-9-14(12(2)10-11)21-17-19-13(3)20-18(22-17)25-16-7-5-4-6-15(16)23-24-25/h4-10H,1-3H3,(H,19,20,21,22). The molecule has 124 valence electrons. The van der Waals surface area contributed by atoms with E-state index in [1.54, 1.807) is 4.68 Å². The van der Waals surface area contributed by atoms with Crippen LogP contribution in [0, 0.1) is 20.8 Å². The van der Waals surface area contributed by atoms with Crippen molar-refractivity contribution in [3.8, 4) is 5.95 Å². The molecule has 0 saturated heterocycles. The van der Waals surface area contributed by atoms with Crippen LogP contribution in [0.2, 0.25) is 0 Å². The van der Waals surface area contributed by atoms with Crippen molar-refractivity contribution in [1.82, 2.24) is 29.9 Å². The van der Waals surface area contributed by atoms with E-state index >= 15 is 0 Å². The van der Waals surface area contributed by atoms with Crippen LogP contribution in [-0.2, 0) is 0 Å². The number of nitrogens with one attached hydrogen (secondary N) is 1. The minimum Gasteiger partial charge on any atom is -0.324 e. The van der Waals surface area contributed by atoms with Gasteiger partial charge in [-0.05, 0) is 44.5 Å². The molecule has 0 saturated carbocycles. The molecule has 2 aromatic heterocycles. The average Bonchev–Trinajstić information content (AvgIpc) is 3.01. The Morgan fingerprint density at radius 1 is 0.920 bits per heavy atom. The molecule has 4 rings (SSSR count). The molecule has 0 aliphatic carbocycles. The van der Waals surface area contributed by atoms with Crippen LogP contribution >= 0.6 is 0 Å². The molecule has 0 aliphatic rings. The van der Waals surface area contributed by atoms with Gasteiger partial charge in [0.05, 0.1) is 5.52 Å². The van der Waals surface area contributed by atoms with Crippen molar-refractivity contribution in [3.05, 3.63) is 59.4 Å². The topological polar surface area (TPSA) is 81.4 Å². The summed E-state index contributed by atoms with van der Waals surface area (Å²) < 4.78 is 1.62. The quantitative estimate of drug-likeness (QED) is 0.620. The van der Waals surface area contributed by atoms with Gasteiger partial charge < -0.3 is 5.32 Å². The Hall–Kier alpha value is -3.35. The maximum absolute atomic E-state index is 4.51. The van der Waals surface area contributed by atoms with Crippen LogP contribution in [0.15, 0.2) is 42.5 Å². The van der Waals surface area contributed by atoms with E-state index in [-0.39, 0.29) is 0 Å². The van der Waals surface area contributed by atoms with E-state index in [1.807, 2.05) is 37.3 Å². The number of fused-ring (bicyclic) bond motifs is 1. The highest BCUT2D eigenvalue weighted by atomic mass is 15.5. The third-order valence-corrected chi connectivity index (χ3v) is 3.91. The van der Waals surface area contributed by atoms with Gasteiger partial charge in [-0.25, -0.2) is 0 Å². The maximum Gasteiger partial charge on any atom is 0.257 e. The molecule has 1 N–H and O–H groups in total. The molecule has 7 nitrogen and oxygen atoms in total. The fourth-order valence-electron chi connectivity index (χ4n) is 2.71. The summed E-state index contributed by atoms with van der Waals surface area (Å²) in [5.74, 6) is 1.53. The van der Waals surface area contributed by atoms with Gasteiger partial charge in [-0.1, -0.05) is 35.0 Å². The van der Waals surface area contributed by atoms with Crippen LogP contribution in [0.25, 0.3) is 17.0 Å². The number of nitrogens with zero attached hydrogens (tertiary/aromatic N) is 6. The molecule has 0 atom stereocenters. The van der Waals surface area contributed by atoms with E-state index in [9.17, 15) is 0 Å². The summed E-state index contributed by atoms with van der Waals surface area (Å²) in [6.45, 7) is 5.95. The molecule has 0 fully saturated rings. The fourth-order valence-corrected chi connectivity index (χ4v) is 2.71. The predicted molar refractivity (Wildman–Crippen MR) is 96.2 cm³/mol. The fraction of sp³-hybridized carbons (Fsp3) is 0.167. The van der Waals surface area contributed by atoms with Crippen LogP contribution in [0.4, 0.5) is 11.6 Å². The summed E-state index contributed by atoms with van der Waals surface area (Å²) in [6.07, 6.45) is 0. The van der Waals surface area contributed by atoms with Gasteiger partial charge >= 0.3 is 0 Å². The summed E-state index contributed by atoms with van der Waals surface area (Å²) in [5.41, 5.74) is 4.95. The monoisotopic (exact) mass is 331 g/mol. The van der Waals surface area contributed by atoms with Gasteiger partial charge in [-0.15, -0.1) is 5.10 Å². The first kappa shape index (κ1) is 15.2. The second-order valence-electron chi connectivity index (χ2n) is 5.94. The van der Waals surface area contributed by atoms with Crippen molar-refractivity contribution in [3.63, 3.8) is 0 Å². The molecule has 4 aromatic rings. The van der Waals surface area contributed by atoms with Crippen molar-refractivity contribution in [2.45, 2.75) is 20.8 Å². The first-order chi connectivity index (χ1) is 12.1. The zero-order valence-electron chi connectivity index (χ0n) is 14.2. The number of hydrogen-bond acceptors (Lipinski definition) is 6. The summed E-state index contributed by atoms with van der Waals surface area (Å²) in [6, 6.07) is 13.9. The average molecular weight is 331 g/mol. The molecule has 0 radical (unpaired) electrons. The molecule has 0 aliphatic heterocycles. The third-order valence-electron chi connectivity index (χ3n) is 3.91. The van der Waals surface area contributed by atoms with E-state index in [0.29, 0.717) is 17.7 Å². The van der Waals surface area contributed by atoms with Gasteiger partial charge in [0.2, 0.25) is 5.95 Å². The Morgan fingerprint density at radius 3 is 2.60 bits per heavy atom. The zero-order valence-corrected chi connectivity index (χ0v) is 14.2. The predicted octanol–water partition coefficient (Wildman–Crippen LogP) is 3.27. The molecule has 25 heavy (non-hydrogen) atoms. The molecular formula is C18H17N7. The lowest BCUT2D eigenvalue weighted by atomic mass is 10.1. The van der Waals surface area contributed by atoms with Crippen molar-refractivity contribution in [2.75, 3.05) is 5.32 Å². The second kappa shape index (κ2) is 5.94. The van der Waals surface area contributed by atoms with Crippen LogP contribution in [0.3, 0.4) is 0 Å². The maximum atomic E-state index is 4.51. The third kappa shape index (κ3) is 2.91. The molecule has 0 spiro atoms. The lowest BCUT2D eigenvalue weighted by Crippen LogP contribution is -2.09. The highest BCUT2D eigenvalue weighted by Crippen LogP contribution is 2.20. The van der Waals surface area contributed by atoms with E-state index in [0.717, 1.165) is 22.3 Å². The van der Waals surface area contributed by atoms with Gasteiger partial charge in [0, 0.05) is 5.69 Å². The number of anilines is 2. The Balaban J connectivity index is 1.76. The molecule has 0 amide bonds. The Morgan fingerprint density at radius 2 is 1.76 bits per heavy atom. The second-order valence-corrected chi connectivity index (χ2v) is 5.94. The summed E-state index contributed by atoms with van der Waals surface area (Å²) >= 11 is 0. The lowest BCUT2D eigenvalue weighted by molar-refractivity contribution is 0.759. The number of benzene rings is 2. The van der Waals surface area contributed by atoms with Crippen LogP contribution in [0.1, 0.15) is 17.0 Å². The van der Waals surface area contributed by atoms with Crippen molar-refractivity contribution >= 4 is 22.7 Å². The first-order valence-corrected chi connectivity index (χ1v) is 7.98. The lowest BCUT2D eigenvalue weighted by Gasteiger charge is -2.10. The smallest absolute Gasteiger partial charge is 0.257 e. The van der Waals surface area contributed by atoms with Gasteiger partial charge in [-0.3, -0.25) is 0 Å². The van der Waals surface area contributed by atoms with Crippen LogP contribution in [0.5, 0.6) is 0 Å². The summed E-state index contributed by atoms with van der Waals surface area (Å²) in [7, 11) is 0. The Kier molecular flexibility index (Phi) is 3.61. The van der Waals surface area contributed by atoms with Gasteiger partial charge in [0.15, 0.2) is 0 Å². The number of aryl methyl sites for hydroxylation is 3. The number of para-hydroxylation sites is 1. The number of aromatic nitrogens is 6. The molecule has 2 aromatic carbocycles. The minimum absolute atomic E-state index is 0.438. The van der Waals surface area contributed by atoms with E-state index in [1.165, 1.54) is 5.56 Å². The van der Waals surface area contributed by atoms with Gasteiger partial charge in [0.25, 0.3) is 5.95 Å². The zero-order chi connectivity index (χ0) is 17.4. The first-order valence-electron chi connectivity index (χ1n) is 7.98. The molecule has 2 heterocycles. The van der Waals surface area contributed by atoms with E-state index in [2.05, 4.69) is 56.6 Å². The molecule has 0 bridgehead atoms. The summed E-state index contributed by atoms with van der Waals surface area (Å²) in [4.78, 5) is 13.3. The highest BCUT2D eigenvalue weighted by Gasteiger charge is 2.12. The Bertz CT molecular complexity index is 1070. The molecule has 0 unspecified atom stereocenters. The van der Waals surface area contributed by atoms with Crippen molar-refractivity contribution < 1.29 is 0 Å². The van der Waals surface area contributed by atoms with Crippen LogP contribution in [-0.4, -0.2) is 29.9 Å². The van der Waals surface area contributed by atoms with Crippen molar-refractivity contribution in [1.29, 1.82) is 0 Å². The van der Waals surface area contributed by atoms with E-state index in [4.69, 9.17) is 0 Å². The minimum atomic E-state index is 0.438. The number of rotatable bonds is 3. The van der Waals surface area contributed by atoms with Crippen molar-refractivity contribution in [2.24, 2.45) is 0 Å². The number of hydrogen-bond donors (Lipinski definition) is 1. The van der Waals surface area contributed by atoms with E-state index < -0.39 is 0 Å². The Labute approximate surface area is 144 Å². The molecular weight excluding hydrogens is 314 g/mol. The SMILES string of the molecule is Cc1ccc(Nc2nc(C)nc(-n3nnc4ccccc43)n2)c(C)c1. The highest BCUT2D eigenvalue weighted by molar-refractivity contribution is 5.75. The van der Waals surface area contributed by atoms with Gasteiger partial charge in [0.1, 0.15) is 11.3 Å². The largest absolute Gasteiger partial charge is 0.324 e. The normalized spacial score (nSPS) is 11.0. The van der Waals surface area contributed by atoms with Gasteiger partial charge in [-0.2, -0.15) is 19.6 Å². The molecule has 7 heteroatoms. The summed E-state index contributed by atoms with van der Waals surface area (Å²) in [5, 5.41) is 11.6.